The van der Waals surface area contributed by atoms with Crippen LogP contribution in [0.25, 0.3) is 29.5 Å². The number of hydrogen-bond donors (Lipinski definition) is 1. The van der Waals surface area contributed by atoms with Gasteiger partial charge in [-0.05, 0) is 130 Å². The van der Waals surface area contributed by atoms with Crippen LogP contribution in [-0.2, 0) is 28.6 Å². The average Bonchev–Trinajstić information content (AvgIpc) is 3.93. The van der Waals surface area contributed by atoms with E-state index in [9.17, 15) is 28.8 Å². The summed E-state index contributed by atoms with van der Waals surface area (Å²) in [6.07, 6.45) is 18.7. The van der Waals surface area contributed by atoms with E-state index in [1.807, 2.05) is 5.92 Å². The van der Waals surface area contributed by atoms with Gasteiger partial charge in [-0.25, -0.2) is 33.9 Å². The fourth-order valence-electron chi connectivity index (χ4n) is 4.07. The predicted molar refractivity (Wildman–Crippen MR) is 231 cm³/mol. The Bertz CT molecular complexity index is 2570. The molecule has 6 aromatic rings. The number of carbonyl (C=O) groups is 3. The number of aromatic amines is 1. The van der Waals surface area contributed by atoms with E-state index in [0.29, 0.717) is 17.1 Å². The Morgan fingerprint density at radius 1 is 0.594 bits per heavy atom. The van der Waals surface area contributed by atoms with E-state index in [2.05, 4.69) is 51.3 Å². The largest absolute Gasteiger partial charge is 0.457 e. The van der Waals surface area contributed by atoms with Crippen molar-refractivity contribution < 1.29 is 28.6 Å². The molecule has 0 saturated heterocycles. The maximum absolute atomic E-state index is 12.0. The summed E-state index contributed by atoms with van der Waals surface area (Å²) < 4.78 is 20.0. The number of carbonyl (C=O) groups excluding carboxylic acids is 3. The molecule has 0 aromatic carbocycles. The lowest BCUT2D eigenvalue weighted by atomic mass is 10.2. The lowest BCUT2D eigenvalue weighted by Gasteiger charge is -2.17. The molecular weight excluding hydrogens is 858 g/mol. The molecule has 6 heterocycles. The molecule has 6 rings (SSSR count). The second kappa shape index (κ2) is 23.7. The highest BCUT2D eigenvalue weighted by atomic mass is 35.5. The van der Waals surface area contributed by atoms with Crippen molar-refractivity contribution in [3.8, 4) is 29.4 Å². The number of aromatic nitrogens is 15. The lowest BCUT2D eigenvalue weighted by molar-refractivity contribution is -0.149. The summed E-state index contributed by atoms with van der Waals surface area (Å²) in [5.74, 6) is 0.123. The number of nitrogens with one attached hydrogen (secondary N) is 1. The first-order valence-electron chi connectivity index (χ1n) is 18.4. The normalized spacial score (nSPS) is 11.0. The third-order valence-electron chi connectivity index (χ3n) is 6.38. The van der Waals surface area contributed by atoms with E-state index in [1.165, 1.54) is 31.0 Å². The van der Waals surface area contributed by atoms with Crippen LogP contribution in [0.5, 0.6) is 0 Å². The fraction of sp³-hybridized carbons (Fsp3) is 0.308. The topological polar surface area (TPSA) is 287 Å². The standard InChI is InChI=1S/2C13H15N5O3.C7H10O2.C6H5N5O.ClH/c2*1-13(2,3)21-11(19)6-8-17-12(20)18(16-15-17)10-5-4-7-14-9-10;1-5-6(8)9-7(2,3)4;12-6-8-9-10-11(6)5-2-1-3-7-4-5;/h2*4-9H,1-3H3;1H,2-4H3;1-4H,(H,8,10,12);1H/b8-6+;8-6-;;;. The molecule has 338 valence electrons. The molecule has 6 aromatic heterocycles. The first-order chi connectivity index (χ1) is 29.6. The van der Waals surface area contributed by atoms with Crippen LogP contribution in [0.1, 0.15) is 62.3 Å². The summed E-state index contributed by atoms with van der Waals surface area (Å²) in [6, 6.07) is 10.1. The van der Waals surface area contributed by atoms with Crippen LogP contribution in [0.2, 0.25) is 0 Å². The SMILES string of the molecule is C#CC(=O)OC(C)(C)C.CC(C)(C)OC(=O)/C=C/n1nnn(-c2cccnc2)c1=O.CC(C)(C)OC(=O)/C=C\n1nnn(-c2cccnc2)c1=O.Cl.O=c1[nH]nnn1-c1cccnc1. The van der Waals surface area contributed by atoms with Gasteiger partial charge in [0.15, 0.2) is 0 Å². The molecule has 0 atom stereocenters. The molecule has 0 fully saturated rings. The Kier molecular flexibility index (Phi) is 19.2. The van der Waals surface area contributed by atoms with Crippen LogP contribution in [-0.4, -0.2) is 109 Å². The Labute approximate surface area is 371 Å². The summed E-state index contributed by atoms with van der Waals surface area (Å²) in [5.41, 5.74) is -1.49. The van der Waals surface area contributed by atoms with Crippen molar-refractivity contribution in [3.63, 3.8) is 0 Å². The summed E-state index contributed by atoms with van der Waals surface area (Å²) >= 11 is 0. The number of terminal acetylenes is 1. The van der Waals surface area contributed by atoms with Crippen LogP contribution in [0.4, 0.5) is 0 Å². The van der Waals surface area contributed by atoms with Crippen LogP contribution in [0.15, 0.2) is 100 Å². The first kappa shape index (κ1) is 51.9. The average molecular weight is 904 g/mol. The van der Waals surface area contributed by atoms with Gasteiger partial charge in [0, 0.05) is 49.1 Å². The Morgan fingerprint density at radius 3 is 1.25 bits per heavy atom. The Hall–Kier alpha value is -8.20. The van der Waals surface area contributed by atoms with E-state index >= 15 is 0 Å². The Morgan fingerprint density at radius 2 is 0.969 bits per heavy atom. The molecule has 0 aliphatic heterocycles. The first-order valence-corrected chi connectivity index (χ1v) is 18.4. The molecule has 64 heavy (non-hydrogen) atoms. The number of halogens is 1. The van der Waals surface area contributed by atoms with Gasteiger partial charge in [-0.3, -0.25) is 15.0 Å². The predicted octanol–water partition coefficient (Wildman–Crippen LogP) is 2.01. The van der Waals surface area contributed by atoms with Gasteiger partial charge < -0.3 is 14.2 Å². The van der Waals surface area contributed by atoms with Gasteiger partial charge >= 0.3 is 35.0 Å². The molecule has 0 unspecified atom stereocenters. The summed E-state index contributed by atoms with van der Waals surface area (Å²) in [4.78, 5) is 80.1. The van der Waals surface area contributed by atoms with Crippen LogP contribution in [0, 0.1) is 12.3 Å². The van der Waals surface area contributed by atoms with Gasteiger partial charge in [0.25, 0.3) is 0 Å². The van der Waals surface area contributed by atoms with Crippen LogP contribution in [0.3, 0.4) is 0 Å². The highest BCUT2D eigenvalue weighted by Crippen LogP contribution is 2.09. The van der Waals surface area contributed by atoms with Crippen molar-refractivity contribution in [1.82, 2.24) is 74.7 Å². The molecule has 24 nitrogen and oxygen atoms in total. The van der Waals surface area contributed by atoms with E-state index in [0.717, 1.165) is 35.6 Å². The number of nitrogens with zero attached hydrogens (tertiary/aromatic N) is 14. The maximum Gasteiger partial charge on any atom is 0.384 e. The quantitative estimate of drug-likeness (QED) is 0.0788. The summed E-state index contributed by atoms with van der Waals surface area (Å²) in [7, 11) is 0. The molecule has 0 aliphatic carbocycles. The number of H-pyrrole nitrogens is 1. The summed E-state index contributed by atoms with van der Waals surface area (Å²) in [6.45, 7) is 15.8. The molecule has 0 amide bonds. The zero-order valence-corrected chi connectivity index (χ0v) is 37.0. The molecule has 0 spiro atoms. The van der Waals surface area contributed by atoms with Crippen molar-refractivity contribution in [3.05, 3.63) is 117 Å². The fourth-order valence-corrected chi connectivity index (χ4v) is 4.07. The van der Waals surface area contributed by atoms with Gasteiger partial charge in [-0.15, -0.1) is 18.8 Å². The second-order valence-corrected chi connectivity index (χ2v) is 15.1. The zero-order chi connectivity index (χ0) is 46.8. The second-order valence-electron chi connectivity index (χ2n) is 15.1. The smallest absolute Gasteiger partial charge is 0.384 e. The maximum atomic E-state index is 12.0. The number of ether oxygens (including phenoxy) is 3. The van der Waals surface area contributed by atoms with Crippen molar-refractivity contribution in [2.24, 2.45) is 0 Å². The molecule has 0 bridgehead atoms. The van der Waals surface area contributed by atoms with Crippen molar-refractivity contribution >= 4 is 42.7 Å². The Balaban J connectivity index is 0.000000307. The highest BCUT2D eigenvalue weighted by Gasteiger charge is 2.16. The van der Waals surface area contributed by atoms with Crippen molar-refractivity contribution in [2.75, 3.05) is 0 Å². The van der Waals surface area contributed by atoms with Gasteiger partial charge in [0.1, 0.15) is 16.8 Å². The van der Waals surface area contributed by atoms with Crippen LogP contribution < -0.4 is 17.1 Å². The van der Waals surface area contributed by atoms with Gasteiger partial charge in [-0.2, -0.15) is 23.4 Å². The van der Waals surface area contributed by atoms with E-state index in [1.54, 1.807) is 117 Å². The number of pyridine rings is 3. The molecule has 25 heteroatoms. The lowest BCUT2D eigenvalue weighted by Crippen LogP contribution is -2.23. The third kappa shape index (κ3) is 18.2. The number of tetrazole rings is 3. The van der Waals surface area contributed by atoms with Crippen molar-refractivity contribution in [1.29, 1.82) is 0 Å². The minimum absolute atomic E-state index is 0. The monoisotopic (exact) mass is 903 g/mol. The van der Waals surface area contributed by atoms with Gasteiger partial charge in [0.2, 0.25) is 0 Å². The van der Waals surface area contributed by atoms with Gasteiger partial charge in [-0.1, -0.05) is 0 Å². The van der Waals surface area contributed by atoms with Gasteiger partial charge in [0.05, 0.1) is 35.7 Å². The third-order valence-corrected chi connectivity index (χ3v) is 6.38. The number of hydrogen-bond acceptors (Lipinski definition) is 18. The minimum atomic E-state index is -0.609. The zero-order valence-electron chi connectivity index (χ0n) is 36.2. The van der Waals surface area contributed by atoms with Crippen LogP contribution >= 0.6 is 12.4 Å². The van der Waals surface area contributed by atoms with E-state index in [4.69, 9.17) is 20.6 Å². The molecule has 0 radical (unpaired) electrons. The molecule has 0 aliphatic rings. The molecular formula is C39H46ClN15O9. The highest BCUT2D eigenvalue weighted by molar-refractivity contribution is 5.88. The minimum Gasteiger partial charge on any atom is -0.457 e. The van der Waals surface area contributed by atoms with E-state index < -0.39 is 46.1 Å². The van der Waals surface area contributed by atoms with E-state index in [-0.39, 0.29) is 18.1 Å². The van der Waals surface area contributed by atoms with Crippen molar-refractivity contribution in [2.45, 2.75) is 79.1 Å². The molecule has 0 saturated carbocycles. The number of esters is 3. The molecule has 1 N–H and O–H groups in total. The number of rotatable bonds is 7. The summed E-state index contributed by atoms with van der Waals surface area (Å²) in [5, 5.41) is 23.8.